The number of amides is 2. The standard InChI is InChI=1S/C21H29N5O2/c1-14(2)13-22-21(28)19-24-18(17-7-5-6-12-26(17)19)20(27)23-15-8-10-16(11-9-15)25(3)4/h8-11,14H,5-7,12-13H2,1-4H3,(H,22,28)(H,23,27). The van der Waals surface area contributed by atoms with Crippen LogP contribution in [0, 0.1) is 5.92 Å². The summed E-state index contributed by atoms with van der Waals surface area (Å²) in [5, 5.41) is 5.82. The zero-order valence-corrected chi connectivity index (χ0v) is 17.1. The smallest absolute Gasteiger partial charge is 0.287 e. The molecule has 150 valence electrons. The third-order valence-electron chi connectivity index (χ3n) is 4.85. The van der Waals surface area contributed by atoms with Gasteiger partial charge in [-0.05, 0) is 49.4 Å². The Hall–Kier alpha value is -2.83. The number of imidazole rings is 1. The number of hydrogen-bond acceptors (Lipinski definition) is 4. The molecule has 1 aromatic carbocycles. The Bertz CT molecular complexity index is 852. The summed E-state index contributed by atoms with van der Waals surface area (Å²) in [6.07, 6.45) is 2.74. The van der Waals surface area contributed by atoms with Crippen LogP contribution >= 0.6 is 0 Å². The fourth-order valence-corrected chi connectivity index (χ4v) is 3.31. The SMILES string of the molecule is CC(C)CNC(=O)c1nc(C(=O)Nc2ccc(N(C)C)cc2)c2n1CCCC2. The summed E-state index contributed by atoms with van der Waals surface area (Å²) in [5.41, 5.74) is 2.97. The van der Waals surface area contributed by atoms with Crippen LogP contribution in [-0.2, 0) is 13.0 Å². The summed E-state index contributed by atoms with van der Waals surface area (Å²) in [4.78, 5) is 31.9. The number of nitrogens with one attached hydrogen (secondary N) is 2. The second kappa shape index (κ2) is 8.46. The van der Waals surface area contributed by atoms with Gasteiger partial charge in [0.25, 0.3) is 11.8 Å². The Balaban J connectivity index is 1.82. The molecule has 2 heterocycles. The van der Waals surface area contributed by atoms with Crippen molar-refractivity contribution in [2.75, 3.05) is 30.9 Å². The Morgan fingerprint density at radius 1 is 1.14 bits per heavy atom. The lowest BCUT2D eigenvalue weighted by atomic mass is 10.1. The first-order valence-electron chi connectivity index (χ1n) is 9.83. The zero-order chi connectivity index (χ0) is 20.3. The van der Waals surface area contributed by atoms with E-state index in [1.54, 1.807) is 0 Å². The Kier molecular flexibility index (Phi) is 6.02. The lowest BCUT2D eigenvalue weighted by molar-refractivity contribution is 0.0933. The molecular formula is C21H29N5O2. The minimum absolute atomic E-state index is 0.216. The van der Waals surface area contributed by atoms with Gasteiger partial charge in [0.15, 0.2) is 11.5 Å². The summed E-state index contributed by atoms with van der Waals surface area (Å²) in [6, 6.07) is 7.63. The van der Waals surface area contributed by atoms with Crippen LogP contribution in [0.1, 0.15) is 53.5 Å². The van der Waals surface area contributed by atoms with Crippen molar-refractivity contribution in [2.24, 2.45) is 5.92 Å². The quantitative estimate of drug-likeness (QED) is 0.804. The molecule has 1 aromatic heterocycles. The average molecular weight is 383 g/mol. The van der Waals surface area contributed by atoms with E-state index in [0.29, 0.717) is 29.7 Å². The topological polar surface area (TPSA) is 79.3 Å². The van der Waals surface area contributed by atoms with Gasteiger partial charge in [0.1, 0.15) is 0 Å². The molecule has 2 amide bonds. The predicted molar refractivity (Wildman–Crippen MR) is 111 cm³/mol. The lowest BCUT2D eigenvalue weighted by Gasteiger charge is -2.17. The van der Waals surface area contributed by atoms with E-state index in [1.165, 1.54) is 0 Å². The number of benzene rings is 1. The van der Waals surface area contributed by atoms with E-state index < -0.39 is 0 Å². The minimum atomic E-state index is -0.272. The van der Waals surface area contributed by atoms with Gasteiger partial charge in [-0.25, -0.2) is 4.98 Å². The summed E-state index contributed by atoms with van der Waals surface area (Å²) < 4.78 is 1.91. The first kappa shape index (κ1) is 19.9. The molecule has 0 saturated heterocycles. The molecule has 2 aromatic rings. The number of nitrogens with zero attached hydrogens (tertiary/aromatic N) is 3. The predicted octanol–water partition coefficient (Wildman–Crippen LogP) is 2.92. The molecule has 0 spiro atoms. The molecule has 1 aliphatic rings. The van der Waals surface area contributed by atoms with Crippen molar-refractivity contribution in [1.82, 2.24) is 14.9 Å². The molecule has 0 saturated carbocycles. The van der Waals surface area contributed by atoms with Gasteiger partial charge in [-0.3, -0.25) is 9.59 Å². The molecule has 0 atom stereocenters. The number of rotatable bonds is 6. The van der Waals surface area contributed by atoms with Gasteiger partial charge < -0.3 is 20.1 Å². The summed E-state index contributed by atoms with van der Waals surface area (Å²) in [7, 11) is 3.94. The number of carbonyl (C=O) groups excluding carboxylic acids is 2. The number of anilines is 2. The van der Waals surface area contributed by atoms with E-state index in [4.69, 9.17) is 0 Å². The molecular weight excluding hydrogens is 354 g/mol. The molecule has 28 heavy (non-hydrogen) atoms. The Morgan fingerprint density at radius 3 is 2.50 bits per heavy atom. The van der Waals surface area contributed by atoms with Crippen molar-refractivity contribution >= 4 is 23.2 Å². The minimum Gasteiger partial charge on any atom is -0.378 e. The highest BCUT2D eigenvalue weighted by Crippen LogP contribution is 2.23. The third kappa shape index (κ3) is 4.35. The van der Waals surface area contributed by atoms with E-state index in [-0.39, 0.29) is 11.8 Å². The third-order valence-corrected chi connectivity index (χ3v) is 4.85. The summed E-state index contributed by atoms with van der Waals surface area (Å²) in [6.45, 7) is 5.39. The molecule has 1 aliphatic heterocycles. The van der Waals surface area contributed by atoms with E-state index in [2.05, 4.69) is 15.6 Å². The fraction of sp³-hybridized carbons (Fsp3) is 0.476. The van der Waals surface area contributed by atoms with E-state index in [9.17, 15) is 9.59 Å². The molecule has 0 fully saturated rings. The lowest BCUT2D eigenvalue weighted by Crippen LogP contribution is -2.30. The zero-order valence-electron chi connectivity index (χ0n) is 17.1. The van der Waals surface area contributed by atoms with Gasteiger partial charge in [-0.1, -0.05) is 13.8 Å². The second-order valence-electron chi connectivity index (χ2n) is 7.84. The van der Waals surface area contributed by atoms with Gasteiger partial charge in [-0.2, -0.15) is 0 Å². The van der Waals surface area contributed by atoms with Gasteiger partial charge in [0, 0.05) is 38.6 Å². The second-order valence-corrected chi connectivity index (χ2v) is 7.84. The van der Waals surface area contributed by atoms with Crippen LogP contribution in [0.2, 0.25) is 0 Å². The highest BCUT2D eigenvalue weighted by molar-refractivity contribution is 6.05. The van der Waals surface area contributed by atoms with Crippen LogP contribution in [0.25, 0.3) is 0 Å². The Morgan fingerprint density at radius 2 is 1.86 bits per heavy atom. The van der Waals surface area contributed by atoms with E-state index in [0.717, 1.165) is 37.2 Å². The average Bonchev–Trinajstić information content (AvgIpc) is 3.06. The highest BCUT2D eigenvalue weighted by atomic mass is 16.2. The van der Waals surface area contributed by atoms with Crippen LogP contribution < -0.4 is 15.5 Å². The largest absolute Gasteiger partial charge is 0.378 e. The first-order chi connectivity index (χ1) is 13.4. The van der Waals surface area contributed by atoms with Crippen molar-refractivity contribution in [2.45, 2.75) is 39.7 Å². The van der Waals surface area contributed by atoms with Gasteiger partial charge in [0.2, 0.25) is 0 Å². The molecule has 0 bridgehead atoms. The monoisotopic (exact) mass is 383 g/mol. The number of hydrogen-bond donors (Lipinski definition) is 2. The molecule has 0 unspecified atom stereocenters. The maximum absolute atomic E-state index is 12.9. The van der Waals surface area contributed by atoms with Crippen molar-refractivity contribution in [1.29, 1.82) is 0 Å². The van der Waals surface area contributed by atoms with Crippen molar-refractivity contribution < 1.29 is 9.59 Å². The van der Waals surface area contributed by atoms with Crippen molar-refractivity contribution in [3.63, 3.8) is 0 Å². The summed E-state index contributed by atoms with van der Waals surface area (Å²) >= 11 is 0. The Labute approximate surface area is 166 Å². The maximum Gasteiger partial charge on any atom is 0.287 e. The highest BCUT2D eigenvalue weighted by Gasteiger charge is 2.27. The number of carbonyl (C=O) groups is 2. The van der Waals surface area contributed by atoms with Crippen LogP contribution in [0.4, 0.5) is 11.4 Å². The molecule has 0 aliphatic carbocycles. The molecule has 3 rings (SSSR count). The van der Waals surface area contributed by atoms with Crippen LogP contribution in [0.15, 0.2) is 24.3 Å². The van der Waals surface area contributed by atoms with Crippen molar-refractivity contribution in [3.8, 4) is 0 Å². The van der Waals surface area contributed by atoms with Gasteiger partial charge >= 0.3 is 0 Å². The molecule has 7 heteroatoms. The molecule has 7 nitrogen and oxygen atoms in total. The molecule has 0 radical (unpaired) electrons. The van der Waals surface area contributed by atoms with E-state index >= 15 is 0 Å². The first-order valence-corrected chi connectivity index (χ1v) is 9.83. The van der Waals surface area contributed by atoms with Crippen LogP contribution in [0.5, 0.6) is 0 Å². The van der Waals surface area contributed by atoms with Crippen LogP contribution in [-0.4, -0.2) is 42.0 Å². The van der Waals surface area contributed by atoms with E-state index in [1.807, 2.05) is 61.7 Å². The maximum atomic E-state index is 12.9. The normalized spacial score (nSPS) is 13.2. The van der Waals surface area contributed by atoms with Gasteiger partial charge in [0.05, 0.1) is 5.69 Å². The fourth-order valence-electron chi connectivity index (χ4n) is 3.31. The number of aromatic nitrogens is 2. The molecule has 2 N–H and O–H groups in total. The van der Waals surface area contributed by atoms with Gasteiger partial charge in [-0.15, -0.1) is 0 Å². The van der Waals surface area contributed by atoms with Crippen molar-refractivity contribution in [3.05, 3.63) is 41.5 Å². The summed E-state index contributed by atoms with van der Waals surface area (Å²) in [5.74, 6) is 0.202. The number of fused-ring (bicyclic) bond motifs is 1. The van der Waals surface area contributed by atoms with Crippen LogP contribution in [0.3, 0.4) is 0 Å².